The van der Waals surface area contributed by atoms with Gasteiger partial charge < -0.3 is 20.8 Å². The van der Waals surface area contributed by atoms with Crippen LogP contribution in [0, 0.1) is 6.92 Å². The fourth-order valence-electron chi connectivity index (χ4n) is 2.72. The zero-order chi connectivity index (χ0) is 15.9. The molecule has 7 heteroatoms. The number of guanidine groups is 1. The third-order valence-corrected chi connectivity index (χ3v) is 3.72. The number of aromatic nitrogens is 1. The maximum absolute atomic E-state index is 12.2. The van der Waals surface area contributed by atoms with Crippen molar-refractivity contribution in [3.8, 4) is 0 Å². The number of aliphatic imine (C=N–C) groups is 1. The van der Waals surface area contributed by atoms with Gasteiger partial charge in [0.2, 0.25) is 0 Å². The van der Waals surface area contributed by atoms with Crippen molar-refractivity contribution >= 4 is 28.6 Å². The Labute approximate surface area is 126 Å². The lowest BCUT2D eigenvalue weighted by Crippen LogP contribution is -2.25. The molecule has 3 rings (SSSR count). The second kappa shape index (κ2) is 5.27. The van der Waals surface area contributed by atoms with E-state index < -0.39 is 5.91 Å². The first-order valence-electron chi connectivity index (χ1n) is 6.87. The molecule has 0 spiro atoms. The van der Waals surface area contributed by atoms with E-state index in [1.807, 2.05) is 13.0 Å². The van der Waals surface area contributed by atoms with E-state index in [2.05, 4.69) is 4.99 Å². The molecule has 1 aromatic heterocycles. The molecule has 1 aliphatic heterocycles. The van der Waals surface area contributed by atoms with Crippen molar-refractivity contribution in [2.45, 2.75) is 13.5 Å². The Hall–Kier alpha value is -2.67. The number of Topliss-reactive ketones (excluding diaryl/α,β-unsaturated/α-hetero) is 1. The molecule has 0 radical (unpaired) electrons. The Morgan fingerprint density at radius 3 is 2.86 bits per heavy atom. The predicted molar refractivity (Wildman–Crippen MR) is 82.0 cm³/mol. The van der Waals surface area contributed by atoms with Gasteiger partial charge in [0.15, 0.2) is 11.7 Å². The van der Waals surface area contributed by atoms with Crippen molar-refractivity contribution in [2.75, 3.05) is 13.2 Å². The number of aryl methyl sites for hydroxylation is 1. The average molecular weight is 300 g/mol. The van der Waals surface area contributed by atoms with Crippen LogP contribution >= 0.6 is 0 Å². The van der Waals surface area contributed by atoms with Gasteiger partial charge in [0.25, 0.3) is 5.91 Å². The van der Waals surface area contributed by atoms with Gasteiger partial charge in [0.1, 0.15) is 12.3 Å². The zero-order valence-corrected chi connectivity index (χ0v) is 12.1. The van der Waals surface area contributed by atoms with Crippen LogP contribution in [0.1, 0.15) is 26.4 Å². The second-order valence-corrected chi connectivity index (χ2v) is 5.19. The van der Waals surface area contributed by atoms with Crippen molar-refractivity contribution in [3.63, 3.8) is 0 Å². The largest absolute Gasteiger partial charge is 0.371 e. The van der Waals surface area contributed by atoms with E-state index >= 15 is 0 Å². The summed E-state index contributed by atoms with van der Waals surface area (Å²) in [6.45, 7) is 2.76. The van der Waals surface area contributed by atoms with E-state index in [0.29, 0.717) is 24.4 Å². The Morgan fingerprint density at radius 2 is 2.14 bits per heavy atom. The molecule has 0 unspecified atom stereocenters. The lowest BCUT2D eigenvalue weighted by molar-refractivity contribution is 0.0733. The monoisotopic (exact) mass is 300 g/mol. The number of nitrogens with two attached hydrogens (primary N) is 2. The number of benzene rings is 1. The summed E-state index contributed by atoms with van der Waals surface area (Å²) in [7, 11) is 0. The van der Waals surface area contributed by atoms with Gasteiger partial charge in [-0.3, -0.25) is 9.59 Å². The number of rotatable bonds is 1. The third-order valence-electron chi connectivity index (χ3n) is 3.72. The van der Waals surface area contributed by atoms with Crippen molar-refractivity contribution in [1.29, 1.82) is 0 Å². The molecule has 0 saturated carbocycles. The van der Waals surface area contributed by atoms with Gasteiger partial charge in [-0.15, -0.1) is 0 Å². The second-order valence-electron chi connectivity index (χ2n) is 5.19. The number of carbonyl (C=O) groups excluding carboxylic acids is 2. The van der Waals surface area contributed by atoms with Crippen LogP contribution in [0.5, 0.6) is 0 Å². The molecule has 0 saturated heterocycles. The Kier molecular flexibility index (Phi) is 3.42. The SMILES string of the molecule is Cc1ccc2c3c1cc(C(=O)N=C(N)N)n3CCOCC2=O. The third kappa shape index (κ3) is 2.25. The van der Waals surface area contributed by atoms with Crippen LogP contribution in [0.4, 0.5) is 0 Å². The summed E-state index contributed by atoms with van der Waals surface area (Å²) in [6, 6.07) is 5.35. The van der Waals surface area contributed by atoms with Crippen LogP contribution in [0.15, 0.2) is 23.2 Å². The van der Waals surface area contributed by atoms with Gasteiger partial charge >= 0.3 is 0 Å². The first kappa shape index (κ1) is 14.3. The lowest BCUT2D eigenvalue weighted by Gasteiger charge is -2.15. The Balaban J connectivity index is 2.33. The maximum Gasteiger partial charge on any atom is 0.296 e. The van der Waals surface area contributed by atoms with Gasteiger partial charge in [-0.05, 0) is 24.6 Å². The summed E-state index contributed by atoms with van der Waals surface area (Å²) in [5, 5.41) is 0.849. The lowest BCUT2D eigenvalue weighted by atomic mass is 10.0. The molecule has 0 bridgehead atoms. The van der Waals surface area contributed by atoms with E-state index in [1.165, 1.54) is 0 Å². The molecule has 7 nitrogen and oxygen atoms in total. The molecule has 2 aromatic rings. The van der Waals surface area contributed by atoms with Gasteiger partial charge in [-0.1, -0.05) is 6.07 Å². The molecule has 0 fully saturated rings. The molecule has 114 valence electrons. The number of nitrogens with zero attached hydrogens (tertiary/aromatic N) is 2. The molecule has 0 aliphatic carbocycles. The van der Waals surface area contributed by atoms with Crippen LogP contribution in [0.3, 0.4) is 0 Å². The summed E-state index contributed by atoms with van der Waals surface area (Å²) in [5.74, 6) is -0.933. The molecule has 2 heterocycles. The van der Waals surface area contributed by atoms with Crippen LogP contribution in [0.2, 0.25) is 0 Å². The quantitative estimate of drug-likeness (QED) is 0.590. The van der Waals surface area contributed by atoms with Crippen LogP contribution in [-0.2, 0) is 11.3 Å². The van der Waals surface area contributed by atoms with Crippen LogP contribution in [0.25, 0.3) is 10.9 Å². The number of hydrogen-bond acceptors (Lipinski definition) is 3. The van der Waals surface area contributed by atoms with Gasteiger partial charge in [0.05, 0.1) is 12.1 Å². The fourth-order valence-corrected chi connectivity index (χ4v) is 2.72. The molecule has 1 aromatic carbocycles. The molecule has 4 N–H and O–H groups in total. The smallest absolute Gasteiger partial charge is 0.296 e. The number of ether oxygens (including phenoxy) is 1. The number of carbonyl (C=O) groups is 2. The number of ketones is 1. The highest BCUT2D eigenvalue weighted by molar-refractivity contribution is 6.11. The minimum atomic E-state index is -0.533. The normalized spacial score (nSPS) is 14.5. The molecule has 0 atom stereocenters. The van der Waals surface area contributed by atoms with Gasteiger partial charge in [-0.25, -0.2) is 0 Å². The summed E-state index contributed by atoms with van der Waals surface area (Å²) < 4.78 is 7.08. The summed E-state index contributed by atoms with van der Waals surface area (Å²) in [4.78, 5) is 28.1. The summed E-state index contributed by atoms with van der Waals surface area (Å²) >= 11 is 0. The summed E-state index contributed by atoms with van der Waals surface area (Å²) in [5.41, 5.74) is 13.2. The zero-order valence-electron chi connectivity index (χ0n) is 12.1. The highest BCUT2D eigenvalue weighted by atomic mass is 16.5. The standard InChI is InChI=1S/C15H16N4O3/c1-8-2-3-9-12(20)7-22-5-4-19-11(6-10(8)13(9)19)14(21)18-15(16)17/h2-3,6H,4-5,7H2,1H3,(H4,16,17,18,21). The van der Waals surface area contributed by atoms with E-state index in [1.54, 1.807) is 16.7 Å². The van der Waals surface area contributed by atoms with Gasteiger partial charge in [-0.2, -0.15) is 4.99 Å². The highest BCUT2D eigenvalue weighted by Gasteiger charge is 2.23. The topological polar surface area (TPSA) is 113 Å². The average Bonchev–Trinajstić information content (AvgIpc) is 2.81. The molecule has 1 aliphatic rings. The van der Waals surface area contributed by atoms with Gasteiger partial charge in [0, 0.05) is 17.5 Å². The highest BCUT2D eigenvalue weighted by Crippen LogP contribution is 2.28. The predicted octanol–water partition coefficient (Wildman–Crippen LogP) is 0.576. The number of amides is 1. The molecular weight excluding hydrogens is 284 g/mol. The van der Waals surface area contributed by atoms with Crippen molar-refractivity contribution < 1.29 is 14.3 Å². The Bertz CT molecular complexity index is 816. The van der Waals surface area contributed by atoms with Crippen molar-refractivity contribution in [3.05, 3.63) is 35.0 Å². The molecule has 1 amide bonds. The fraction of sp³-hybridized carbons (Fsp3) is 0.267. The van der Waals surface area contributed by atoms with Crippen molar-refractivity contribution in [1.82, 2.24) is 4.57 Å². The van der Waals surface area contributed by atoms with Crippen molar-refractivity contribution in [2.24, 2.45) is 16.5 Å². The number of hydrogen-bond donors (Lipinski definition) is 2. The van der Waals surface area contributed by atoms with Crippen LogP contribution in [-0.4, -0.2) is 35.4 Å². The molecular formula is C15H16N4O3. The van der Waals surface area contributed by atoms with E-state index in [-0.39, 0.29) is 18.3 Å². The summed E-state index contributed by atoms with van der Waals surface area (Å²) in [6.07, 6.45) is 0. The first-order chi connectivity index (χ1) is 10.5. The van der Waals surface area contributed by atoms with Crippen LogP contribution < -0.4 is 11.5 Å². The Morgan fingerprint density at radius 1 is 1.36 bits per heavy atom. The molecule has 22 heavy (non-hydrogen) atoms. The van der Waals surface area contributed by atoms with E-state index in [4.69, 9.17) is 16.2 Å². The van der Waals surface area contributed by atoms with E-state index in [9.17, 15) is 9.59 Å². The minimum Gasteiger partial charge on any atom is -0.371 e. The first-order valence-corrected chi connectivity index (χ1v) is 6.87. The minimum absolute atomic E-state index is 0.0422. The van der Waals surface area contributed by atoms with E-state index in [0.717, 1.165) is 16.5 Å². The maximum atomic E-state index is 12.2.